The van der Waals surface area contributed by atoms with Crippen LogP contribution in [0.2, 0.25) is 0 Å². The Labute approximate surface area is 119 Å². The van der Waals surface area contributed by atoms with Gasteiger partial charge in [0.2, 0.25) is 0 Å². The average Bonchev–Trinajstić information content (AvgIpc) is 3.02. The van der Waals surface area contributed by atoms with Gasteiger partial charge in [-0.25, -0.2) is 0 Å². The van der Waals surface area contributed by atoms with Crippen LogP contribution in [-0.2, 0) is 0 Å². The van der Waals surface area contributed by atoms with Crippen molar-refractivity contribution in [1.29, 1.82) is 0 Å². The SMILES string of the molecule is CCSc1ccccc1C(=O)N[C@@H]1C[C@H]2CC[C@@H]1C2. The second kappa shape index (κ2) is 5.58. The molecule has 0 saturated heterocycles. The summed E-state index contributed by atoms with van der Waals surface area (Å²) < 4.78 is 0. The standard InChI is InChI=1S/C16H21NOS/c1-2-19-15-6-4-3-5-13(15)16(18)17-14-10-11-7-8-12(14)9-11/h3-6,11-12,14H,2,7-10H2,1H3,(H,17,18)/t11-,12+,14+/m0/s1. The molecule has 2 bridgehead atoms. The molecule has 3 rings (SSSR count). The Kier molecular flexibility index (Phi) is 3.83. The first-order valence-electron chi connectivity index (χ1n) is 7.30. The van der Waals surface area contributed by atoms with Crippen molar-refractivity contribution in [2.45, 2.75) is 43.5 Å². The van der Waals surface area contributed by atoms with Gasteiger partial charge in [-0.2, -0.15) is 0 Å². The number of fused-ring (bicyclic) bond motifs is 2. The van der Waals surface area contributed by atoms with Gasteiger partial charge in [-0.3, -0.25) is 4.79 Å². The molecule has 0 aliphatic heterocycles. The minimum Gasteiger partial charge on any atom is -0.349 e. The van der Waals surface area contributed by atoms with Gasteiger partial charge >= 0.3 is 0 Å². The third-order valence-electron chi connectivity index (χ3n) is 4.49. The van der Waals surface area contributed by atoms with Crippen LogP contribution in [0.5, 0.6) is 0 Å². The van der Waals surface area contributed by atoms with Gasteiger partial charge in [0.25, 0.3) is 5.91 Å². The van der Waals surface area contributed by atoms with Crippen LogP contribution in [0.1, 0.15) is 43.0 Å². The third kappa shape index (κ3) is 2.66. The molecule has 1 N–H and O–H groups in total. The van der Waals surface area contributed by atoms with Crippen molar-refractivity contribution in [2.24, 2.45) is 11.8 Å². The summed E-state index contributed by atoms with van der Waals surface area (Å²) in [7, 11) is 0. The summed E-state index contributed by atoms with van der Waals surface area (Å²) in [5.74, 6) is 2.72. The molecule has 19 heavy (non-hydrogen) atoms. The topological polar surface area (TPSA) is 29.1 Å². The molecule has 0 spiro atoms. The minimum atomic E-state index is 0.120. The van der Waals surface area contributed by atoms with E-state index in [2.05, 4.69) is 12.2 Å². The lowest BCUT2D eigenvalue weighted by atomic mass is 9.95. The molecule has 0 heterocycles. The zero-order valence-corrected chi connectivity index (χ0v) is 12.2. The number of nitrogens with one attached hydrogen (secondary N) is 1. The largest absolute Gasteiger partial charge is 0.349 e. The van der Waals surface area contributed by atoms with Crippen molar-refractivity contribution < 1.29 is 4.79 Å². The van der Waals surface area contributed by atoms with Crippen LogP contribution in [0, 0.1) is 11.8 Å². The summed E-state index contributed by atoms with van der Waals surface area (Å²) in [6.07, 6.45) is 5.20. The van der Waals surface area contributed by atoms with E-state index in [1.54, 1.807) is 11.8 Å². The van der Waals surface area contributed by atoms with Crippen molar-refractivity contribution in [3.05, 3.63) is 29.8 Å². The Morgan fingerprint density at radius 3 is 2.84 bits per heavy atom. The molecule has 2 fully saturated rings. The van der Waals surface area contributed by atoms with E-state index in [1.807, 2.05) is 24.3 Å². The monoisotopic (exact) mass is 275 g/mol. The Morgan fingerprint density at radius 1 is 1.32 bits per heavy atom. The van der Waals surface area contributed by atoms with Gasteiger partial charge in [0.15, 0.2) is 0 Å². The highest BCUT2D eigenvalue weighted by Crippen LogP contribution is 2.44. The molecule has 0 aromatic heterocycles. The molecule has 1 amide bonds. The lowest BCUT2D eigenvalue weighted by Crippen LogP contribution is -2.38. The normalized spacial score (nSPS) is 28.6. The fourth-order valence-corrected chi connectivity index (χ4v) is 4.41. The zero-order chi connectivity index (χ0) is 13.2. The highest BCUT2D eigenvalue weighted by molar-refractivity contribution is 7.99. The molecule has 2 nitrogen and oxygen atoms in total. The van der Waals surface area contributed by atoms with E-state index in [9.17, 15) is 4.79 Å². The van der Waals surface area contributed by atoms with Crippen LogP contribution in [-0.4, -0.2) is 17.7 Å². The van der Waals surface area contributed by atoms with E-state index in [1.165, 1.54) is 25.7 Å². The number of benzene rings is 1. The molecule has 0 radical (unpaired) electrons. The number of hydrogen-bond donors (Lipinski definition) is 1. The molecule has 0 unspecified atom stereocenters. The number of hydrogen-bond acceptors (Lipinski definition) is 2. The van der Waals surface area contributed by atoms with Gasteiger partial charge < -0.3 is 5.32 Å². The van der Waals surface area contributed by atoms with E-state index in [0.29, 0.717) is 6.04 Å². The van der Waals surface area contributed by atoms with Crippen LogP contribution < -0.4 is 5.32 Å². The predicted molar refractivity (Wildman–Crippen MR) is 79.5 cm³/mol. The molecule has 1 aromatic rings. The second-order valence-electron chi connectivity index (χ2n) is 5.68. The molecule has 3 atom stereocenters. The van der Waals surface area contributed by atoms with Gasteiger partial charge in [-0.05, 0) is 49.0 Å². The van der Waals surface area contributed by atoms with Crippen molar-refractivity contribution in [3.8, 4) is 0 Å². The Morgan fingerprint density at radius 2 is 2.16 bits per heavy atom. The number of amides is 1. The van der Waals surface area contributed by atoms with E-state index in [-0.39, 0.29) is 5.91 Å². The zero-order valence-electron chi connectivity index (χ0n) is 11.4. The lowest BCUT2D eigenvalue weighted by molar-refractivity contribution is 0.0920. The number of thioether (sulfide) groups is 1. The van der Waals surface area contributed by atoms with Crippen LogP contribution in [0.25, 0.3) is 0 Å². The van der Waals surface area contributed by atoms with Gasteiger partial charge in [-0.15, -0.1) is 11.8 Å². The molecule has 2 aliphatic rings. The van der Waals surface area contributed by atoms with Crippen molar-refractivity contribution in [2.75, 3.05) is 5.75 Å². The van der Waals surface area contributed by atoms with Crippen molar-refractivity contribution >= 4 is 17.7 Å². The number of carbonyl (C=O) groups excluding carboxylic acids is 1. The maximum absolute atomic E-state index is 12.4. The molecule has 3 heteroatoms. The highest BCUT2D eigenvalue weighted by Gasteiger charge is 2.40. The average molecular weight is 275 g/mol. The molecule has 102 valence electrons. The van der Waals surface area contributed by atoms with E-state index in [4.69, 9.17) is 0 Å². The van der Waals surface area contributed by atoms with Crippen LogP contribution in [0.15, 0.2) is 29.2 Å². The van der Waals surface area contributed by atoms with Crippen LogP contribution >= 0.6 is 11.8 Å². The molecule has 1 aromatic carbocycles. The van der Waals surface area contributed by atoms with Gasteiger partial charge in [0.1, 0.15) is 0 Å². The molecular formula is C16H21NOS. The minimum absolute atomic E-state index is 0.120. The number of rotatable bonds is 4. The summed E-state index contributed by atoms with van der Waals surface area (Å²) in [6, 6.07) is 8.37. The second-order valence-corrected chi connectivity index (χ2v) is 6.99. The summed E-state index contributed by atoms with van der Waals surface area (Å²) >= 11 is 1.74. The van der Waals surface area contributed by atoms with Gasteiger partial charge in [0, 0.05) is 10.9 Å². The van der Waals surface area contributed by atoms with Crippen molar-refractivity contribution in [1.82, 2.24) is 5.32 Å². The van der Waals surface area contributed by atoms with E-state index in [0.717, 1.165) is 28.0 Å². The Bertz CT molecular complexity index is 474. The molecule has 2 aliphatic carbocycles. The predicted octanol–water partition coefficient (Wildman–Crippen LogP) is 3.72. The quantitative estimate of drug-likeness (QED) is 0.849. The first-order chi connectivity index (χ1) is 9.28. The van der Waals surface area contributed by atoms with Crippen LogP contribution in [0.3, 0.4) is 0 Å². The van der Waals surface area contributed by atoms with Crippen molar-refractivity contribution in [3.63, 3.8) is 0 Å². The fraction of sp³-hybridized carbons (Fsp3) is 0.562. The summed E-state index contributed by atoms with van der Waals surface area (Å²) in [4.78, 5) is 13.6. The maximum Gasteiger partial charge on any atom is 0.252 e. The van der Waals surface area contributed by atoms with Crippen LogP contribution in [0.4, 0.5) is 0 Å². The summed E-state index contributed by atoms with van der Waals surface area (Å²) in [5.41, 5.74) is 0.845. The molecule has 2 saturated carbocycles. The van der Waals surface area contributed by atoms with Gasteiger partial charge in [-0.1, -0.05) is 25.5 Å². The first kappa shape index (κ1) is 13.0. The highest BCUT2D eigenvalue weighted by atomic mass is 32.2. The number of carbonyl (C=O) groups is 1. The Balaban J connectivity index is 1.70. The smallest absolute Gasteiger partial charge is 0.252 e. The Hall–Kier alpha value is -0.960. The summed E-state index contributed by atoms with van der Waals surface area (Å²) in [6.45, 7) is 2.12. The van der Waals surface area contributed by atoms with Gasteiger partial charge in [0.05, 0.1) is 5.56 Å². The van der Waals surface area contributed by atoms with E-state index < -0.39 is 0 Å². The first-order valence-corrected chi connectivity index (χ1v) is 8.29. The summed E-state index contributed by atoms with van der Waals surface area (Å²) in [5, 5.41) is 3.27. The third-order valence-corrected chi connectivity index (χ3v) is 5.44. The fourth-order valence-electron chi connectivity index (χ4n) is 3.60. The molecular weight excluding hydrogens is 254 g/mol. The lowest BCUT2D eigenvalue weighted by Gasteiger charge is -2.23. The van der Waals surface area contributed by atoms with E-state index >= 15 is 0 Å². The maximum atomic E-state index is 12.4.